The van der Waals surface area contributed by atoms with Gasteiger partial charge in [0.05, 0.1) is 0 Å². The molecular weight excluding hydrogens is 266 g/mol. The van der Waals surface area contributed by atoms with Crippen LogP contribution in [0.2, 0.25) is 0 Å². The van der Waals surface area contributed by atoms with Crippen LogP contribution < -0.4 is 5.73 Å². The average Bonchev–Trinajstić information content (AvgIpc) is 2.58. The third-order valence-electron chi connectivity index (χ3n) is 4.06. The number of benzene rings is 3. The van der Waals surface area contributed by atoms with Gasteiger partial charge in [0.1, 0.15) is 0 Å². The van der Waals surface area contributed by atoms with Crippen LogP contribution in [0, 0.1) is 0 Å². The van der Waals surface area contributed by atoms with Crippen molar-refractivity contribution >= 4 is 0 Å². The van der Waals surface area contributed by atoms with Gasteiger partial charge in [0.25, 0.3) is 0 Å². The van der Waals surface area contributed by atoms with Gasteiger partial charge in [0.2, 0.25) is 0 Å². The maximum Gasteiger partial charge on any atom is 0.0244 e. The smallest absolute Gasteiger partial charge is 0.0244 e. The lowest BCUT2D eigenvalue weighted by Gasteiger charge is -2.25. The molecule has 0 aliphatic heterocycles. The summed E-state index contributed by atoms with van der Waals surface area (Å²) in [6, 6.07) is 31.6. The van der Waals surface area contributed by atoms with Crippen molar-refractivity contribution in [3.05, 3.63) is 108 Å². The maximum atomic E-state index is 6.61. The standard InChI is InChI=1S/C21H21N/c22-20(16-17-10-4-1-5-11-17)21(18-12-6-2-7-13-18)19-14-8-3-9-15-19/h1-15,20-21H,16,22H2/t20-/m0/s1. The topological polar surface area (TPSA) is 26.0 Å². The lowest BCUT2D eigenvalue weighted by Crippen LogP contribution is -2.31. The molecule has 0 saturated heterocycles. The van der Waals surface area contributed by atoms with E-state index in [-0.39, 0.29) is 12.0 Å². The Hall–Kier alpha value is -2.38. The fourth-order valence-corrected chi connectivity index (χ4v) is 3.01. The summed E-state index contributed by atoms with van der Waals surface area (Å²) < 4.78 is 0. The van der Waals surface area contributed by atoms with Crippen LogP contribution in [0.4, 0.5) is 0 Å². The van der Waals surface area contributed by atoms with E-state index in [1.54, 1.807) is 0 Å². The summed E-state index contributed by atoms with van der Waals surface area (Å²) in [5, 5.41) is 0. The van der Waals surface area contributed by atoms with Crippen molar-refractivity contribution in [1.82, 2.24) is 0 Å². The minimum absolute atomic E-state index is 0.0483. The van der Waals surface area contributed by atoms with Crippen molar-refractivity contribution in [3.63, 3.8) is 0 Å². The van der Waals surface area contributed by atoms with Crippen LogP contribution >= 0.6 is 0 Å². The first-order chi connectivity index (χ1) is 10.8. The summed E-state index contributed by atoms with van der Waals surface area (Å²) in [4.78, 5) is 0. The molecule has 3 rings (SSSR count). The van der Waals surface area contributed by atoms with Gasteiger partial charge in [-0.05, 0) is 23.1 Å². The highest BCUT2D eigenvalue weighted by Crippen LogP contribution is 2.28. The van der Waals surface area contributed by atoms with E-state index in [0.717, 1.165) is 6.42 Å². The molecule has 0 amide bonds. The van der Waals surface area contributed by atoms with Crippen LogP contribution in [-0.4, -0.2) is 6.04 Å². The molecule has 0 aromatic heterocycles. The highest BCUT2D eigenvalue weighted by atomic mass is 14.6. The van der Waals surface area contributed by atoms with Gasteiger partial charge in [0.15, 0.2) is 0 Å². The molecule has 0 bridgehead atoms. The highest BCUT2D eigenvalue weighted by Gasteiger charge is 2.21. The van der Waals surface area contributed by atoms with Crippen LogP contribution in [0.1, 0.15) is 22.6 Å². The fourth-order valence-electron chi connectivity index (χ4n) is 3.01. The predicted octanol–water partition coefficient (Wildman–Crippen LogP) is 4.39. The van der Waals surface area contributed by atoms with Crippen molar-refractivity contribution in [1.29, 1.82) is 0 Å². The minimum Gasteiger partial charge on any atom is -0.327 e. The van der Waals surface area contributed by atoms with Gasteiger partial charge in [-0.1, -0.05) is 91.0 Å². The zero-order chi connectivity index (χ0) is 15.2. The molecule has 0 unspecified atom stereocenters. The second-order valence-electron chi connectivity index (χ2n) is 5.65. The number of rotatable bonds is 5. The first-order valence-electron chi connectivity index (χ1n) is 7.74. The van der Waals surface area contributed by atoms with Crippen LogP contribution in [0.5, 0.6) is 0 Å². The number of nitrogens with two attached hydrogens (primary N) is 1. The molecule has 1 atom stereocenters. The molecule has 110 valence electrons. The molecule has 0 radical (unpaired) electrons. The molecule has 1 heteroatoms. The molecular formula is C21H21N. The molecule has 1 nitrogen and oxygen atoms in total. The molecule has 0 aliphatic carbocycles. The molecule has 0 aliphatic rings. The predicted molar refractivity (Wildman–Crippen MR) is 92.8 cm³/mol. The molecule has 3 aromatic carbocycles. The lowest BCUT2D eigenvalue weighted by atomic mass is 9.83. The van der Waals surface area contributed by atoms with Crippen LogP contribution in [0.3, 0.4) is 0 Å². The SMILES string of the molecule is N[C@@H](Cc1ccccc1)C(c1ccccc1)c1ccccc1. The summed E-state index contributed by atoms with van der Waals surface area (Å²) in [6.07, 6.45) is 0.870. The van der Waals surface area contributed by atoms with Crippen molar-refractivity contribution in [2.45, 2.75) is 18.4 Å². The summed E-state index contributed by atoms with van der Waals surface area (Å²) in [7, 11) is 0. The lowest BCUT2D eigenvalue weighted by molar-refractivity contribution is 0.590. The van der Waals surface area contributed by atoms with Crippen molar-refractivity contribution in [2.75, 3.05) is 0 Å². The monoisotopic (exact) mass is 287 g/mol. The fraction of sp³-hybridized carbons (Fsp3) is 0.143. The molecule has 0 heterocycles. The third kappa shape index (κ3) is 3.44. The van der Waals surface area contributed by atoms with E-state index >= 15 is 0 Å². The van der Waals surface area contributed by atoms with E-state index in [4.69, 9.17) is 5.73 Å². The number of hydrogen-bond donors (Lipinski definition) is 1. The third-order valence-corrected chi connectivity index (χ3v) is 4.06. The molecule has 2 N–H and O–H groups in total. The van der Waals surface area contributed by atoms with Crippen molar-refractivity contribution in [3.8, 4) is 0 Å². The Morgan fingerprint density at radius 2 is 1.00 bits per heavy atom. The van der Waals surface area contributed by atoms with Crippen LogP contribution in [0.25, 0.3) is 0 Å². The van der Waals surface area contributed by atoms with Crippen LogP contribution in [0.15, 0.2) is 91.0 Å². The van der Waals surface area contributed by atoms with Gasteiger partial charge < -0.3 is 5.73 Å². The van der Waals surface area contributed by atoms with Crippen LogP contribution in [-0.2, 0) is 6.42 Å². The van der Waals surface area contributed by atoms with E-state index < -0.39 is 0 Å². The molecule has 0 spiro atoms. The summed E-state index contributed by atoms with van der Waals surface area (Å²) >= 11 is 0. The van der Waals surface area contributed by atoms with E-state index in [1.807, 2.05) is 18.2 Å². The van der Waals surface area contributed by atoms with Crippen molar-refractivity contribution < 1.29 is 0 Å². The Morgan fingerprint density at radius 1 is 0.591 bits per heavy atom. The van der Waals surface area contributed by atoms with Gasteiger partial charge >= 0.3 is 0 Å². The summed E-state index contributed by atoms with van der Waals surface area (Å²) in [6.45, 7) is 0. The normalized spacial score (nSPS) is 12.3. The molecule has 0 saturated carbocycles. The quantitative estimate of drug-likeness (QED) is 0.740. The maximum absolute atomic E-state index is 6.61. The van der Waals surface area contributed by atoms with Gasteiger partial charge in [-0.15, -0.1) is 0 Å². The van der Waals surface area contributed by atoms with Gasteiger partial charge in [0, 0.05) is 12.0 Å². The zero-order valence-electron chi connectivity index (χ0n) is 12.6. The Bertz CT molecular complexity index is 637. The average molecular weight is 287 g/mol. The Kier molecular flexibility index (Phi) is 4.67. The number of hydrogen-bond acceptors (Lipinski definition) is 1. The summed E-state index contributed by atoms with van der Waals surface area (Å²) in [5.41, 5.74) is 10.4. The zero-order valence-corrected chi connectivity index (χ0v) is 12.6. The second kappa shape index (κ2) is 7.06. The van der Waals surface area contributed by atoms with Gasteiger partial charge in [-0.25, -0.2) is 0 Å². The minimum atomic E-state index is 0.0483. The first-order valence-corrected chi connectivity index (χ1v) is 7.74. The molecule has 0 fully saturated rings. The molecule has 22 heavy (non-hydrogen) atoms. The Morgan fingerprint density at radius 3 is 1.45 bits per heavy atom. The second-order valence-corrected chi connectivity index (χ2v) is 5.65. The summed E-state index contributed by atoms with van der Waals surface area (Å²) in [5.74, 6) is 0.211. The highest BCUT2D eigenvalue weighted by molar-refractivity contribution is 5.35. The van der Waals surface area contributed by atoms with E-state index in [2.05, 4.69) is 72.8 Å². The van der Waals surface area contributed by atoms with E-state index in [1.165, 1.54) is 16.7 Å². The first kappa shape index (κ1) is 14.6. The Labute approximate surface area is 132 Å². The largest absolute Gasteiger partial charge is 0.327 e. The Balaban J connectivity index is 1.92. The van der Waals surface area contributed by atoms with Gasteiger partial charge in [-0.3, -0.25) is 0 Å². The molecule has 3 aromatic rings. The van der Waals surface area contributed by atoms with Crippen molar-refractivity contribution in [2.24, 2.45) is 5.73 Å². The van der Waals surface area contributed by atoms with E-state index in [9.17, 15) is 0 Å². The van der Waals surface area contributed by atoms with Gasteiger partial charge in [-0.2, -0.15) is 0 Å². The van der Waals surface area contributed by atoms with E-state index in [0.29, 0.717) is 0 Å².